The molecule has 3 aromatic rings. The second kappa shape index (κ2) is 7.71. The molecule has 0 amide bonds. The van der Waals surface area contributed by atoms with Gasteiger partial charge in [0.15, 0.2) is 0 Å². The Bertz CT molecular complexity index is 880. The highest BCUT2D eigenvalue weighted by Crippen LogP contribution is 2.45. The molecule has 130 valence electrons. The maximum Gasteiger partial charge on any atom is 0.339 e. The van der Waals surface area contributed by atoms with E-state index in [1.54, 1.807) is 12.1 Å². The molecule has 0 atom stereocenters. The molecule has 25 heavy (non-hydrogen) atoms. The molecule has 4 nitrogen and oxygen atoms in total. The van der Waals surface area contributed by atoms with E-state index in [9.17, 15) is 9.59 Å². The summed E-state index contributed by atoms with van der Waals surface area (Å²) in [6.45, 7) is 0. The number of hydrogen-bond donors (Lipinski definition) is 0. The Hall–Kier alpha value is -1.00. The second-order valence-corrected chi connectivity index (χ2v) is 10.7. The maximum atomic E-state index is 12.0. The van der Waals surface area contributed by atoms with Gasteiger partial charge in [0.1, 0.15) is 0 Å². The van der Waals surface area contributed by atoms with Crippen molar-refractivity contribution in [3.63, 3.8) is 0 Å². The number of rotatable bonds is 4. The van der Waals surface area contributed by atoms with Crippen molar-refractivity contribution in [3.8, 4) is 19.5 Å². The molecule has 9 heteroatoms. The predicted octanol–water partition coefficient (Wildman–Crippen LogP) is 6.30. The second-order valence-electron chi connectivity index (χ2n) is 4.73. The Labute approximate surface area is 172 Å². The summed E-state index contributed by atoms with van der Waals surface area (Å²) in [5.41, 5.74) is 1.04. The number of methoxy groups -OCH3 is 2. The van der Waals surface area contributed by atoms with Gasteiger partial charge in [0, 0.05) is 9.75 Å². The fraction of sp³-hybridized carbons (Fsp3) is 0.125. The summed E-state index contributed by atoms with van der Waals surface area (Å²) in [5.74, 6) is -0.748. The van der Waals surface area contributed by atoms with Crippen molar-refractivity contribution < 1.29 is 19.1 Å². The van der Waals surface area contributed by atoms with Crippen LogP contribution in [0.3, 0.4) is 0 Å². The minimum Gasteiger partial charge on any atom is -0.465 e. The number of ether oxygens (including phenoxy) is 2. The lowest BCUT2D eigenvalue weighted by Gasteiger charge is -2.00. The van der Waals surface area contributed by atoms with Crippen molar-refractivity contribution in [2.24, 2.45) is 0 Å². The highest BCUT2D eigenvalue weighted by molar-refractivity contribution is 9.11. The van der Waals surface area contributed by atoms with Crippen LogP contribution in [-0.4, -0.2) is 26.2 Å². The predicted molar refractivity (Wildman–Crippen MR) is 109 cm³/mol. The molecule has 0 radical (unpaired) electrons. The van der Waals surface area contributed by atoms with Crippen molar-refractivity contribution >= 4 is 77.8 Å². The van der Waals surface area contributed by atoms with Crippen LogP contribution in [0, 0.1) is 0 Å². The molecule has 3 rings (SSSR count). The Balaban J connectivity index is 2.05. The Kier molecular flexibility index (Phi) is 5.79. The van der Waals surface area contributed by atoms with Crippen molar-refractivity contribution in [3.05, 3.63) is 43.0 Å². The minimum absolute atomic E-state index is 0.374. The molecule has 0 aliphatic carbocycles. The molecule has 3 heterocycles. The largest absolute Gasteiger partial charge is 0.465 e. The molecule has 0 aliphatic heterocycles. The first kappa shape index (κ1) is 18.8. The first-order chi connectivity index (χ1) is 11.9. The lowest BCUT2D eigenvalue weighted by Crippen LogP contribution is -2.00. The van der Waals surface area contributed by atoms with E-state index >= 15 is 0 Å². The van der Waals surface area contributed by atoms with Gasteiger partial charge in [-0.1, -0.05) is 0 Å². The van der Waals surface area contributed by atoms with E-state index in [0.29, 0.717) is 11.1 Å². The van der Waals surface area contributed by atoms with Crippen molar-refractivity contribution in [2.45, 2.75) is 0 Å². The highest BCUT2D eigenvalue weighted by atomic mass is 79.9. The SMILES string of the molecule is COC(=O)c1cc(Br)sc1-c1ccc(-c2sc(Br)cc2C(=O)OC)s1. The van der Waals surface area contributed by atoms with E-state index in [1.807, 2.05) is 12.1 Å². The number of esters is 2. The molecule has 0 unspecified atom stereocenters. The molecule has 0 fully saturated rings. The first-order valence-electron chi connectivity index (χ1n) is 6.80. The molecule has 0 saturated heterocycles. The molecule has 0 aliphatic rings. The van der Waals surface area contributed by atoms with Crippen LogP contribution >= 0.6 is 65.9 Å². The van der Waals surface area contributed by atoms with E-state index in [1.165, 1.54) is 48.2 Å². The zero-order valence-electron chi connectivity index (χ0n) is 12.9. The summed E-state index contributed by atoms with van der Waals surface area (Å²) >= 11 is 11.3. The van der Waals surface area contributed by atoms with Crippen molar-refractivity contribution in [1.29, 1.82) is 0 Å². The van der Waals surface area contributed by atoms with E-state index in [2.05, 4.69) is 31.9 Å². The van der Waals surface area contributed by atoms with E-state index in [4.69, 9.17) is 9.47 Å². The van der Waals surface area contributed by atoms with Crippen LogP contribution in [-0.2, 0) is 9.47 Å². The smallest absolute Gasteiger partial charge is 0.339 e. The number of carbonyl (C=O) groups is 2. The third kappa shape index (κ3) is 3.75. The molecular formula is C16H10Br2O4S3. The fourth-order valence-electron chi connectivity index (χ4n) is 2.19. The monoisotopic (exact) mass is 520 g/mol. The van der Waals surface area contributed by atoms with Crippen LogP contribution in [0.4, 0.5) is 0 Å². The standard InChI is InChI=1S/C16H10Br2O4S3/c1-21-15(19)7-5-11(17)24-13(7)9-3-4-10(23-9)14-8(16(20)22-2)6-12(18)25-14/h3-6H,1-2H3. The fourth-order valence-corrected chi connectivity index (χ4v) is 6.62. The number of carbonyl (C=O) groups excluding carboxylic acids is 2. The van der Waals surface area contributed by atoms with Gasteiger partial charge in [0.25, 0.3) is 0 Å². The Morgan fingerprint density at radius 1 is 0.800 bits per heavy atom. The van der Waals surface area contributed by atoms with E-state index in [-0.39, 0.29) is 11.9 Å². The van der Waals surface area contributed by atoms with Crippen LogP contribution in [0.25, 0.3) is 19.5 Å². The molecule has 3 aromatic heterocycles. The van der Waals surface area contributed by atoms with Gasteiger partial charge < -0.3 is 9.47 Å². The van der Waals surface area contributed by atoms with Gasteiger partial charge in [-0.2, -0.15) is 0 Å². The summed E-state index contributed by atoms with van der Waals surface area (Å²) in [5, 5.41) is 0. The third-order valence-corrected chi connectivity index (χ3v) is 7.99. The molecule has 0 spiro atoms. The van der Waals surface area contributed by atoms with Gasteiger partial charge in [-0.3, -0.25) is 0 Å². The first-order valence-corrected chi connectivity index (χ1v) is 10.8. The Morgan fingerprint density at radius 2 is 1.20 bits per heavy atom. The number of halogens is 2. The van der Waals surface area contributed by atoms with Gasteiger partial charge >= 0.3 is 11.9 Å². The van der Waals surface area contributed by atoms with Gasteiger partial charge in [0.05, 0.1) is 42.7 Å². The third-order valence-electron chi connectivity index (χ3n) is 3.27. The van der Waals surface area contributed by atoms with Gasteiger partial charge in [-0.15, -0.1) is 34.0 Å². The molecule has 0 N–H and O–H groups in total. The zero-order chi connectivity index (χ0) is 18.1. The van der Waals surface area contributed by atoms with E-state index < -0.39 is 0 Å². The lowest BCUT2D eigenvalue weighted by molar-refractivity contribution is 0.0593. The van der Waals surface area contributed by atoms with Gasteiger partial charge in [-0.25, -0.2) is 9.59 Å². The quantitative estimate of drug-likeness (QED) is 0.378. The van der Waals surface area contributed by atoms with Crippen molar-refractivity contribution in [1.82, 2.24) is 0 Å². The molecular weight excluding hydrogens is 512 g/mol. The van der Waals surface area contributed by atoms with Crippen LogP contribution in [0.15, 0.2) is 31.8 Å². The van der Waals surface area contributed by atoms with Crippen LogP contribution in [0.5, 0.6) is 0 Å². The molecule has 0 bridgehead atoms. The van der Waals surface area contributed by atoms with Crippen LogP contribution in [0.2, 0.25) is 0 Å². The van der Waals surface area contributed by atoms with Gasteiger partial charge in [0.2, 0.25) is 0 Å². The topological polar surface area (TPSA) is 52.6 Å². The lowest BCUT2D eigenvalue weighted by atomic mass is 10.2. The Morgan fingerprint density at radius 3 is 1.56 bits per heavy atom. The summed E-state index contributed by atoms with van der Waals surface area (Å²) < 4.78 is 11.4. The zero-order valence-corrected chi connectivity index (χ0v) is 18.5. The van der Waals surface area contributed by atoms with E-state index in [0.717, 1.165) is 27.1 Å². The molecule has 0 aromatic carbocycles. The summed E-state index contributed by atoms with van der Waals surface area (Å²) in [4.78, 5) is 27.5. The average Bonchev–Trinajstić information content (AvgIpc) is 3.30. The summed E-state index contributed by atoms with van der Waals surface area (Å²) in [7, 11) is 2.73. The number of hydrogen-bond acceptors (Lipinski definition) is 7. The maximum absolute atomic E-state index is 12.0. The average molecular weight is 522 g/mol. The van der Waals surface area contributed by atoms with Gasteiger partial charge in [-0.05, 0) is 56.1 Å². The highest BCUT2D eigenvalue weighted by Gasteiger charge is 2.22. The van der Waals surface area contributed by atoms with Crippen LogP contribution in [0.1, 0.15) is 20.7 Å². The number of thiophene rings is 3. The summed E-state index contributed by atoms with van der Waals surface area (Å²) in [6, 6.07) is 7.40. The van der Waals surface area contributed by atoms with Crippen LogP contribution < -0.4 is 0 Å². The minimum atomic E-state index is -0.374. The van der Waals surface area contributed by atoms with Crippen molar-refractivity contribution in [2.75, 3.05) is 14.2 Å². The summed E-state index contributed by atoms with van der Waals surface area (Å²) in [6.07, 6.45) is 0. The normalized spacial score (nSPS) is 10.7. The molecule has 0 saturated carbocycles.